The van der Waals surface area contributed by atoms with Crippen LogP contribution in [0, 0.1) is 5.92 Å². The number of hydrogen-bond donors (Lipinski definition) is 0. The fourth-order valence-corrected chi connectivity index (χ4v) is 7.48. The molecule has 51 heavy (non-hydrogen) atoms. The largest absolute Gasteiger partial charge is 0.313 e. The molecule has 0 radical (unpaired) electrons. The van der Waals surface area contributed by atoms with Gasteiger partial charge in [-0.3, -0.25) is 0 Å². The molecule has 1 aromatic heterocycles. The van der Waals surface area contributed by atoms with Crippen LogP contribution in [0.15, 0.2) is 180 Å². The Morgan fingerprint density at radius 2 is 1.08 bits per heavy atom. The zero-order valence-corrected chi connectivity index (χ0v) is 28.6. The molecule has 244 valence electrons. The zero-order valence-electron chi connectivity index (χ0n) is 28.6. The van der Waals surface area contributed by atoms with E-state index in [1.54, 1.807) is 0 Å². The minimum atomic E-state index is 0.106. The van der Waals surface area contributed by atoms with Crippen molar-refractivity contribution >= 4 is 34.2 Å². The van der Waals surface area contributed by atoms with Gasteiger partial charge in [-0.1, -0.05) is 159 Å². The Morgan fingerprint density at radius 3 is 1.73 bits per heavy atom. The van der Waals surface area contributed by atoms with Gasteiger partial charge in [0.05, 0.1) is 16.9 Å². The van der Waals surface area contributed by atoms with E-state index in [9.17, 15) is 0 Å². The van der Waals surface area contributed by atoms with E-state index in [0.717, 1.165) is 52.3 Å². The number of para-hydroxylation sites is 1. The third kappa shape index (κ3) is 5.87. The molecule has 0 amide bonds. The number of benzene rings is 6. The van der Waals surface area contributed by atoms with E-state index in [4.69, 9.17) is 9.98 Å². The molecular formula is C48H37N3. The number of aliphatic imine (C=N–C) groups is 2. The van der Waals surface area contributed by atoms with Crippen LogP contribution in [-0.2, 0) is 6.42 Å². The Kier molecular flexibility index (Phi) is 7.94. The summed E-state index contributed by atoms with van der Waals surface area (Å²) >= 11 is 0. The van der Waals surface area contributed by atoms with E-state index in [1.165, 1.54) is 44.5 Å². The summed E-state index contributed by atoms with van der Waals surface area (Å²) in [6.45, 7) is 2.20. The lowest BCUT2D eigenvalue weighted by molar-refractivity contribution is 0.888. The zero-order chi connectivity index (χ0) is 34.1. The maximum Gasteiger partial charge on any atom is 0.160 e. The maximum absolute atomic E-state index is 5.19. The van der Waals surface area contributed by atoms with Crippen LogP contribution in [0.25, 0.3) is 50.6 Å². The van der Waals surface area contributed by atoms with Gasteiger partial charge in [0.25, 0.3) is 0 Å². The summed E-state index contributed by atoms with van der Waals surface area (Å²) < 4.78 is 2.44. The van der Waals surface area contributed by atoms with E-state index in [0.29, 0.717) is 0 Å². The Balaban J connectivity index is 0.988. The summed E-state index contributed by atoms with van der Waals surface area (Å²) in [5.74, 6) is 0.831. The van der Waals surface area contributed by atoms with Gasteiger partial charge in [-0.15, -0.1) is 0 Å². The Morgan fingerprint density at radius 1 is 0.529 bits per heavy atom. The Hall–Kier alpha value is -6.32. The van der Waals surface area contributed by atoms with Gasteiger partial charge in [-0.05, 0) is 70.5 Å². The molecule has 0 bridgehead atoms. The molecule has 3 nitrogen and oxygen atoms in total. The van der Waals surface area contributed by atoms with Gasteiger partial charge in [-0.25, -0.2) is 9.98 Å². The monoisotopic (exact) mass is 655 g/mol. The van der Waals surface area contributed by atoms with Gasteiger partial charge >= 0.3 is 0 Å². The lowest BCUT2D eigenvalue weighted by atomic mass is 9.96. The topological polar surface area (TPSA) is 29.6 Å². The fourth-order valence-electron chi connectivity index (χ4n) is 7.48. The Labute approximate surface area is 299 Å². The molecule has 1 aliphatic heterocycles. The number of aromatic nitrogens is 1. The highest BCUT2D eigenvalue weighted by atomic mass is 15.0. The van der Waals surface area contributed by atoms with Crippen molar-refractivity contribution in [2.45, 2.75) is 19.8 Å². The maximum atomic E-state index is 5.19. The molecule has 1 unspecified atom stereocenters. The molecule has 0 fully saturated rings. The minimum absolute atomic E-state index is 0.106. The smallest absolute Gasteiger partial charge is 0.160 e. The Bertz CT molecular complexity index is 2480. The second-order valence-electron chi connectivity index (χ2n) is 13.4. The highest BCUT2D eigenvalue weighted by Gasteiger charge is 2.20. The second-order valence-corrected chi connectivity index (χ2v) is 13.4. The van der Waals surface area contributed by atoms with Crippen LogP contribution >= 0.6 is 0 Å². The van der Waals surface area contributed by atoms with Gasteiger partial charge in [-0.2, -0.15) is 0 Å². The molecule has 0 spiro atoms. The normalized spacial score (nSPS) is 15.5. The van der Waals surface area contributed by atoms with E-state index < -0.39 is 0 Å². The van der Waals surface area contributed by atoms with E-state index >= 15 is 0 Å². The first kappa shape index (κ1) is 30.7. The molecule has 7 aromatic rings. The lowest BCUT2D eigenvalue weighted by Gasteiger charge is -2.14. The highest BCUT2D eigenvalue weighted by molar-refractivity contribution is 6.16. The summed E-state index contributed by atoms with van der Waals surface area (Å²) in [6, 6.07) is 56.1. The predicted octanol–water partition coefficient (Wildman–Crippen LogP) is 11.9. The van der Waals surface area contributed by atoms with Gasteiger partial charge in [0, 0.05) is 33.8 Å². The molecule has 2 aliphatic rings. The third-order valence-corrected chi connectivity index (χ3v) is 10.1. The second kappa shape index (κ2) is 13.2. The van der Waals surface area contributed by atoms with Crippen molar-refractivity contribution in [3.63, 3.8) is 0 Å². The van der Waals surface area contributed by atoms with Crippen LogP contribution in [0.4, 0.5) is 0 Å². The lowest BCUT2D eigenvalue weighted by Crippen LogP contribution is -2.12. The van der Waals surface area contributed by atoms with Crippen LogP contribution < -0.4 is 0 Å². The molecule has 1 aliphatic carbocycles. The van der Waals surface area contributed by atoms with Crippen LogP contribution in [0.1, 0.15) is 41.3 Å². The van der Waals surface area contributed by atoms with Crippen molar-refractivity contribution in [2.75, 3.05) is 0 Å². The minimum Gasteiger partial charge on any atom is -0.313 e. The molecule has 9 rings (SSSR count). The van der Waals surface area contributed by atoms with Gasteiger partial charge in [0.1, 0.15) is 0 Å². The SMILES string of the molecule is CC1C=C(c2ccccc2)N=C(c2ccc(-c3ccc(-c4ccc(-n5c6c(c7ccccc75)C=CCC6)cc4)cc3)cc2)N=C1c1ccccc1. The van der Waals surface area contributed by atoms with Crippen LogP contribution in [-0.4, -0.2) is 16.1 Å². The highest BCUT2D eigenvalue weighted by Crippen LogP contribution is 2.35. The van der Waals surface area contributed by atoms with Crippen LogP contribution in [0.2, 0.25) is 0 Å². The fraction of sp³-hybridized carbons (Fsp3) is 0.0833. The number of allylic oxidation sites excluding steroid dienone is 2. The first-order chi connectivity index (χ1) is 25.2. The summed E-state index contributed by atoms with van der Waals surface area (Å²) in [6.07, 6.45) is 8.96. The van der Waals surface area contributed by atoms with Crippen molar-refractivity contribution in [3.8, 4) is 27.9 Å². The van der Waals surface area contributed by atoms with Crippen molar-refractivity contribution in [1.82, 2.24) is 4.57 Å². The number of amidine groups is 1. The average molecular weight is 656 g/mol. The number of hydrogen-bond acceptors (Lipinski definition) is 2. The van der Waals surface area contributed by atoms with Crippen molar-refractivity contribution in [3.05, 3.63) is 198 Å². The quantitative estimate of drug-likeness (QED) is 0.171. The molecule has 3 heteroatoms. The predicted molar refractivity (Wildman–Crippen MR) is 215 cm³/mol. The van der Waals surface area contributed by atoms with E-state index in [2.05, 4.69) is 175 Å². The summed E-state index contributed by atoms with van der Waals surface area (Å²) in [5, 5.41) is 1.33. The standard InChI is InChI=1S/C48H37N3/c1-33-32-44(38-12-4-2-5-13-38)49-48(50-47(33)39-14-6-3-7-15-39)40-26-24-36(25-27-40)34-20-22-35(23-21-34)37-28-30-41(31-29-37)51-45-18-10-8-16-42(45)43-17-9-11-19-46(43)51/h2-10,12-18,20-33H,11,19H2,1H3. The van der Waals surface area contributed by atoms with E-state index in [1.807, 2.05) is 12.1 Å². The first-order valence-corrected chi connectivity index (χ1v) is 17.8. The number of fused-ring (bicyclic) bond motifs is 3. The van der Waals surface area contributed by atoms with Crippen molar-refractivity contribution in [1.29, 1.82) is 0 Å². The molecule has 6 aromatic carbocycles. The number of rotatable bonds is 6. The third-order valence-electron chi connectivity index (χ3n) is 10.1. The van der Waals surface area contributed by atoms with Gasteiger partial charge in [0.2, 0.25) is 0 Å². The molecule has 0 saturated heterocycles. The molecule has 0 N–H and O–H groups in total. The van der Waals surface area contributed by atoms with Crippen molar-refractivity contribution < 1.29 is 0 Å². The summed E-state index contributed by atoms with van der Waals surface area (Å²) in [5.41, 5.74) is 15.2. The van der Waals surface area contributed by atoms with Gasteiger partial charge < -0.3 is 4.57 Å². The molecule has 0 saturated carbocycles. The average Bonchev–Trinajstić information content (AvgIpc) is 3.43. The molecular weight excluding hydrogens is 619 g/mol. The van der Waals surface area contributed by atoms with Gasteiger partial charge in [0.15, 0.2) is 5.84 Å². The van der Waals surface area contributed by atoms with Crippen LogP contribution in [0.5, 0.6) is 0 Å². The number of nitrogens with zero attached hydrogens (tertiary/aromatic N) is 3. The van der Waals surface area contributed by atoms with Crippen molar-refractivity contribution in [2.24, 2.45) is 15.9 Å². The van der Waals surface area contributed by atoms with E-state index in [-0.39, 0.29) is 5.92 Å². The molecule has 2 heterocycles. The summed E-state index contributed by atoms with van der Waals surface area (Å²) in [7, 11) is 0. The first-order valence-electron chi connectivity index (χ1n) is 17.8. The van der Waals surface area contributed by atoms with Crippen LogP contribution in [0.3, 0.4) is 0 Å². The molecule has 1 atom stereocenters. The summed E-state index contributed by atoms with van der Waals surface area (Å²) in [4.78, 5) is 10.3.